The quantitative estimate of drug-likeness (QED) is 0.201. The van der Waals surface area contributed by atoms with Crippen molar-refractivity contribution in [3.8, 4) is 51.0 Å². The van der Waals surface area contributed by atoms with E-state index in [1.54, 1.807) is 0 Å². The molecule has 0 unspecified atom stereocenters. The third kappa shape index (κ3) is 4.79. The molecule has 0 atom stereocenters. The molecule has 0 N–H and O–H groups in total. The van der Waals surface area contributed by atoms with E-state index < -0.39 is 0 Å². The Morgan fingerprint density at radius 1 is 0.455 bits per heavy atom. The molecular weight excluding hydrogens is 538 g/mol. The molecule has 3 heterocycles. The molecule has 0 aliphatic rings. The monoisotopic (exact) mass is 565 g/mol. The number of ether oxygens (including phenoxy) is 1. The van der Waals surface area contributed by atoms with Crippen molar-refractivity contribution in [2.24, 2.45) is 0 Å². The molecule has 4 nitrogen and oxygen atoms in total. The Hall–Kier alpha value is -6.00. The summed E-state index contributed by atoms with van der Waals surface area (Å²) in [5, 5.41) is 2.38. The Kier molecular flexibility index (Phi) is 6.43. The fourth-order valence-corrected chi connectivity index (χ4v) is 5.85. The minimum absolute atomic E-state index is 0.559. The van der Waals surface area contributed by atoms with Crippen LogP contribution >= 0.6 is 0 Å². The van der Waals surface area contributed by atoms with Crippen LogP contribution in [0.25, 0.3) is 61.1 Å². The van der Waals surface area contributed by atoms with E-state index in [0.717, 1.165) is 50.5 Å². The van der Waals surface area contributed by atoms with Crippen LogP contribution in [0.1, 0.15) is 0 Å². The normalized spacial score (nSPS) is 11.2. The maximum absolute atomic E-state index is 6.26. The minimum Gasteiger partial charge on any atom is -0.439 e. The zero-order chi connectivity index (χ0) is 29.3. The third-order valence-electron chi connectivity index (χ3n) is 7.94. The van der Waals surface area contributed by atoms with Gasteiger partial charge in [-0.3, -0.25) is 4.57 Å². The van der Waals surface area contributed by atoms with E-state index in [-0.39, 0.29) is 0 Å². The van der Waals surface area contributed by atoms with Gasteiger partial charge in [-0.05, 0) is 64.7 Å². The van der Waals surface area contributed by atoms with Crippen molar-refractivity contribution in [1.29, 1.82) is 0 Å². The molecule has 0 fully saturated rings. The predicted molar refractivity (Wildman–Crippen MR) is 179 cm³/mol. The lowest BCUT2D eigenvalue weighted by atomic mass is 10.0. The molecule has 0 aliphatic carbocycles. The van der Waals surface area contributed by atoms with E-state index in [4.69, 9.17) is 14.7 Å². The number of nitrogens with zero attached hydrogens (tertiary/aromatic N) is 3. The van der Waals surface area contributed by atoms with E-state index in [9.17, 15) is 0 Å². The largest absolute Gasteiger partial charge is 0.439 e. The standard InChI is InChI=1S/C40H27N3O/c1-3-11-28(12-4-1)32-23-24-41-39(27-32)43-37-19-8-7-17-34(37)35-22-21-31(26-38(35)43)30-15-9-16-33(25-30)44-40-20-10-18-36(42-40)29-13-5-2-6-14-29/h1-27H. The molecule has 44 heavy (non-hydrogen) atoms. The van der Waals surface area contributed by atoms with E-state index in [1.807, 2.05) is 60.8 Å². The first-order valence-electron chi connectivity index (χ1n) is 14.7. The van der Waals surface area contributed by atoms with Crippen LogP contribution in [0.15, 0.2) is 164 Å². The second-order valence-corrected chi connectivity index (χ2v) is 10.7. The maximum atomic E-state index is 6.26. The van der Waals surface area contributed by atoms with E-state index in [0.29, 0.717) is 5.88 Å². The molecule has 0 saturated heterocycles. The van der Waals surface area contributed by atoms with Gasteiger partial charge in [-0.1, -0.05) is 109 Å². The number of fused-ring (bicyclic) bond motifs is 3. The first-order valence-corrected chi connectivity index (χ1v) is 14.7. The van der Waals surface area contributed by atoms with Crippen LogP contribution in [0.5, 0.6) is 11.6 Å². The Labute approximate surface area is 255 Å². The zero-order valence-electron chi connectivity index (χ0n) is 23.8. The van der Waals surface area contributed by atoms with Crippen molar-refractivity contribution < 1.29 is 4.74 Å². The van der Waals surface area contributed by atoms with Crippen LogP contribution in [0.2, 0.25) is 0 Å². The molecule has 0 radical (unpaired) electrons. The summed E-state index contributed by atoms with van der Waals surface area (Å²) in [4.78, 5) is 9.58. The fourth-order valence-electron chi connectivity index (χ4n) is 5.85. The summed E-state index contributed by atoms with van der Waals surface area (Å²) >= 11 is 0. The average molecular weight is 566 g/mol. The molecule has 0 bridgehead atoms. The number of aromatic nitrogens is 3. The summed E-state index contributed by atoms with van der Waals surface area (Å²) in [5.74, 6) is 2.18. The molecule has 3 aromatic heterocycles. The minimum atomic E-state index is 0.559. The number of para-hydroxylation sites is 1. The number of hydrogen-bond acceptors (Lipinski definition) is 3. The lowest BCUT2D eigenvalue weighted by Crippen LogP contribution is -1.97. The highest BCUT2D eigenvalue weighted by atomic mass is 16.5. The Bertz CT molecular complexity index is 2260. The number of rotatable bonds is 6. The molecule has 0 saturated carbocycles. The molecular formula is C40H27N3O. The van der Waals surface area contributed by atoms with Crippen LogP contribution < -0.4 is 4.74 Å². The van der Waals surface area contributed by atoms with Gasteiger partial charge in [0.2, 0.25) is 5.88 Å². The van der Waals surface area contributed by atoms with Crippen molar-refractivity contribution in [3.63, 3.8) is 0 Å². The lowest BCUT2D eigenvalue weighted by Gasteiger charge is -2.11. The van der Waals surface area contributed by atoms with Crippen LogP contribution in [-0.4, -0.2) is 14.5 Å². The summed E-state index contributed by atoms with van der Waals surface area (Å²) in [6.07, 6.45) is 1.89. The second kappa shape index (κ2) is 11.0. The van der Waals surface area contributed by atoms with Crippen molar-refractivity contribution in [3.05, 3.63) is 164 Å². The number of hydrogen-bond donors (Lipinski definition) is 0. The Balaban J connectivity index is 1.19. The smallest absolute Gasteiger partial charge is 0.219 e. The topological polar surface area (TPSA) is 39.9 Å². The summed E-state index contributed by atoms with van der Waals surface area (Å²) in [6, 6.07) is 54.0. The SMILES string of the molecule is c1ccc(-c2ccnc(-n3c4ccccc4c4ccc(-c5cccc(Oc6cccc(-c7ccccc7)n6)c5)cc43)c2)cc1. The number of benzene rings is 5. The Morgan fingerprint density at radius 2 is 1.14 bits per heavy atom. The number of pyridine rings is 2. The van der Waals surface area contributed by atoms with E-state index in [1.165, 1.54) is 16.3 Å². The molecule has 4 heteroatoms. The summed E-state index contributed by atoms with van der Waals surface area (Å²) < 4.78 is 8.52. The second-order valence-electron chi connectivity index (χ2n) is 10.7. The first-order chi connectivity index (χ1) is 21.8. The molecule has 208 valence electrons. The highest BCUT2D eigenvalue weighted by molar-refractivity contribution is 6.10. The molecule has 5 aromatic carbocycles. The molecule has 8 rings (SSSR count). The summed E-state index contributed by atoms with van der Waals surface area (Å²) in [5.41, 5.74) is 8.61. The van der Waals surface area contributed by atoms with Gasteiger partial charge in [-0.15, -0.1) is 0 Å². The third-order valence-corrected chi connectivity index (χ3v) is 7.94. The van der Waals surface area contributed by atoms with Gasteiger partial charge in [-0.25, -0.2) is 9.97 Å². The predicted octanol–water partition coefficient (Wildman–Crippen LogP) is 10.4. The van der Waals surface area contributed by atoms with Crippen molar-refractivity contribution in [2.45, 2.75) is 0 Å². The van der Waals surface area contributed by atoms with Crippen LogP contribution in [0, 0.1) is 0 Å². The molecule has 8 aromatic rings. The highest BCUT2D eigenvalue weighted by Crippen LogP contribution is 2.36. The van der Waals surface area contributed by atoms with Gasteiger partial charge in [0.25, 0.3) is 0 Å². The summed E-state index contributed by atoms with van der Waals surface area (Å²) in [7, 11) is 0. The highest BCUT2D eigenvalue weighted by Gasteiger charge is 2.15. The average Bonchev–Trinajstić information content (AvgIpc) is 3.43. The van der Waals surface area contributed by atoms with Gasteiger partial charge in [0.05, 0.1) is 16.7 Å². The van der Waals surface area contributed by atoms with Gasteiger partial charge < -0.3 is 4.74 Å². The maximum Gasteiger partial charge on any atom is 0.219 e. The van der Waals surface area contributed by atoms with Crippen LogP contribution in [-0.2, 0) is 0 Å². The zero-order valence-corrected chi connectivity index (χ0v) is 23.8. The van der Waals surface area contributed by atoms with Crippen molar-refractivity contribution in [1.82, 2.24) is 14.5 Å². The molecule has 0 aliphatic heterocycles. The van der Waals surface area contributed by atoms with Gasteiger partial charge in [0.15, 0.2) is 0 Å². The van der Waals surface area contributed by atoms with Crippen molar-refractivity contribution >= 4 is 21.8 Å². The van der Waals surface area contributed by atoms with E-state index >= 15 is 0 Å². The lowest BCUT2D eigenvalue weighted by molar-refractivity contribution is 0.464. The Morgan fingerprint density at radius 3 is 2.00 bits per heavy atom. The molecule has 0 amide bonds. The van der Waals surface area contributed by atoms with Gasteiger partial charge in [0, 0.05) is 28.6 Å². The molecule has 0 spiro atoms. The van der Waals surface area contributed by atoms with Gasteiger partial charge in [-0.2, -0.15) is 0 Å². The summed E-state index contributed by atoms with van der Waals surface area (Å²) in [6.45, 7) is 0. The van der Waals surface area contributed by atoms with Crippen molar-refractivity contribution in [2.75, 3.05) is 0 Å². The van der Waals surface area contributed by atoms with Crippen LogP contribution in [0.3, 0.4) is 0 Å². The van der Waals surface area contributed by atoms with Gasteiger partial charge >= 0.3 is 0 Å². The fraction of sp³-hybridized carbons (Fsp3) is 0. The first kappa shape index (κ1) is 25.7. The van der Waals surface area contributed by atoms with Gasteiger partial charge in [0.1, 0.15) is 11.6 Å². The van der Waals surface area contributed by atoms with Crippen LogP contribution in [0.4, 0.5) is 0 Å². The van der Waals surface area contributed by atoms with E-state index in [2.05, 4.69) is 108 Å².